The van der Waals surface area contributed by atoms with Crippen LogP contribution in [-0.4, -0.2) is 49.5 Å². The lowest BCUT2D eigenvalue weighted by atomic mass is 9.61. The molecule has 1 amide bonds. The maximum Gasteiger partial charge on any atom is 0.230 e. The molecule has 0 aromatic carbocycles. The number of amides is 1. The van der Waals surface area contributed by atoms with Gasteiger partial charge in [0.2, 0.25) is 5.91 Å². The maximum atomic E-state index is 13.1. The molecule has 1 aromatic rings. The Hall–Kier alpha value is -1.62. The number of pyridine rings is 1. The second-order valence-electron chi connectivity index (χ2n) is 7.17. The first-order valence-electron chi connectivity index (χ1n) is 8.26. The minimum absolute atomic E-state index is 0.0992. The van der Waals surface area contributed by atoms with E-state index in [4.69, 9.17) is 0 Å². The summed E-state index contributed by atoms with van der Waals surface area (Å²) in [5.74, 6) is 1.93. The van der Waals surface area contributed by atoms with Crippen molar-refractivity contribution in [3.63, 3.8) is 0 Å². The standard InChI is InChI=1S/C17H24N4O/c1-20(2)15-14-10-21(8-5-12(14)4-7-19-15)16(22)17-6-3-13(17)9-18-11-17/h4,7,13,18H,3,5-6,8-11H2,1-2H3/t13-,17-/m0/s1. The highest BCUT2D eigenvalue weighted by Crippen LogP contribution is 2.50. The summed E-state index contributed by atoms with van der Waals surface area (Å²) in [6.45, 7) is 3.44. The molecule has 3 aliphatic rings. The van der Waals surface area contributed by atoms with E-state index in [1.165, 1.54) is 17.5 Å². The SMILES string of the molecule is CN(C)c1nccc2c1CN(C(=O)[C@]13CC[C@H]1CNC3)CC2. The summed E-state index contributed by atoms with van der Waals surface area (Å²) in [5, 5.41) is 3.43. The van der Waals surface area contributed by atoms with E-state index in [2.05, 4.69) is 21.3 Å². The smallest absolute Gasteiger partial charge is 0.230 e. The van der Waals surface area contributed by atoms with Crippen molar-refractivity contribution in [2.45, 2.75) is 25.8 Å². The van der Waals surface area contributed by atoms with Crippen molar-refractivity contribution in [2.24, 2.45) is 11.3 Å². The van der Waals surface area contributed by atoms with Gasteiger partial charge in [-0.15, -0.1) is 0 Å². The topological polar surface area (TPSA) is 48.5 Å². The number of carbonyl (C=O) groups is 1. The van der Waals surface area contributed by atoms with Gasteiger partial charge in [-0.25, -0.2) is 4.98 Å². The largest absolute Gasteiger partial charge is 0.362 e. The molecule has 5 heteroatoms. The fraction of sp³-hybridized carbons (Fsp3) is 0.647. The molecular weight excluding hydrogens is 276 g/mol. The summed E-state index contributed by atoms with van der Waals surface area (Å²) in [6.07, 6.45) is 5.08. The van der Waals surface area contributed by atoms with Gasteiger partial charge in [0.25, 0.3) is 0 Å². The van der Waals surface area contributed by atoms with Gasteiger partial charge in [-0.2, -0.15) is 0 Å². The fourth-order valence-corrected chi connectivity index (χ4v) is 4.38. The average Bonchev–Trinajstić information content (AvgIpc) is 2.80. The Morgan fingerprint density at radius 3 is 3.05 bits per heavy atom. The van der Waals surface area contributed by atoms with E-state index in [1.807, 2.05) is 25.2 Å². The molecule has 1 N–H and O–H groups in total. The molecule has 3 heterocycles. The monoisotopic (exact) mass is 300 g/mol. The van der Waals surface area contributed by atoms with Crippen LogP contribution in [0.25, 0.3) is 0 Å². The zero-order valence-corrected chi connectivity index (χ0v) is 13.4. The molecule has 5 nitrogen and oxygen atoms in total. The molecule has 2 aliphatic heterocycles. The first kappa shape index (κ1) is 14.0. The summed E-state index contributed by atoms with van der Waals surface area (Å²) in [4.78, 5) is 21.8. The van der Waals surface area contributed by atoms with Gasteiger partial charge in [-0.1, -0.05) is 0 Å². The second-order valence-corrected chi connectivity index (χ2v) is 7.17. The number of nitrogens with one attached hydrogen (secondary N) is 1. The normalized spacial score (nSPS) is 29.5. The van der Waals surface area contributed by atoms with Crippen LogP contribution < -0.4 is 10.2 Å². The fourth-order valence-electron chi connectivity index (χ4n) is 4.38. The van der Waals surface area contributed by atoms with E-state index in [-0.39, 0.29) is 5.41 Å². The summed E-state index contributed by atoms with van der Waals surface area (Å²) in [5.41, 5.74) is 2.47. The van der Waals surface area contributed by atoms with E-state index < -0.39 is 0 Å². The quantitative estimate of drug-likeness (QED) is 0.886. The van der Waals surface area contributed by atoms with Crippen LogP contribution in [0.4, 0.5) is 5.82 Å². The first-order chi connectivity index (χ1) is 10.6. The zero-order valence-electron chi connectivity index (χ0n) is 13.4. The summed E-state index contributed by atoms with van der Waals surface area (Å²) in [6, 6.07) is 2.10. The number of aromatic nitrogens is 1. The number of carbonyl (C=O) groups excluding carboxylic acids is 1. The molecule has 1 saturated carbocycles. The Bertz CT molecular complexity index is 615. The average molecular weight is 300 g/mol. The van der Waals surface area contributed by atoms with E-state index in [1.54, 1.807) is 0 Å². The molecule has 0 spiro atoms. The highest BCUT2D eigenvalue weighted by atomic mass is 16.2. The Morgan fingerprint density at radius 2 is 2.36 bits per heavy atom. The molecule has 118 valence electrons. The Balaban J connectivity index is 1.61. The van der Waals surface area contributed by atoms with Crippen LogP contribution in [0.1, 0.15) is 24.0 Å². The van der Waals surface area contributed by atoms with Crippen LogP contribution in [0, 0.1) is 11.3 Å². The maximum absolute atomic E-state index is 13.1. The van der Waals surface area contributed by atoms with Gasteiger partial charge in [-0.3, -0.25) is 4.79 Å². The van der Waals surface area contributed by atoms with Crippen molar-refractivity contribution >= 4 is 11.7 Å². The van der Waals surface area contributed by atoms with Gasteiger partial charge in [-0.05, 0) is 43.4 Å². The molecule has 1 aromatic heterocycles. The summed E-state index contributed by atoms with van der Waals surface area (Å²) >= 11 is 0. The van der Waals surface area contributed by atoms with Gasteiger partial charge in [0.1, 0.15) is 5.82 Å². The number of hydrogen-bond donors (Lipinski definition) is 1. The molecular formula is C17H24N4O. The van der Waals surface area contributed by atoms with Crippen molar-refractivity contribution in [3.05, 3.63) is 23.4 Å². The van der Waals surface area contributed by atoms with Crippen molar-refractivity contribution in [1.29, 1.82) is 0 Å². The number of fused-ring (bicyclic) bond motifs is 2. The summed E-state index contributed by atoms with van der Waals surface area (Å²) in [7, 11) is 4.04. The third kappa shape index (κ3) is 1.88. The van der Waals surface area contributed by atoms with E-state index in [9.17, 15) is 4.79 Å². The molecule has 2 fully saturated rings. The Morgan fingerprint density at radius 1 is 1.50 bits per heavy atom. The summed E-state index contributed by atoms with van der Waals surface area (Å²) < 4.78 is 0. The first-order valence-corrected chi connectivity index (χ1v) is 8.26. The van der Waals surface area contributed by atoms with E-state index >= 15 is 0 Å². The van der Waals surface area contributed by atoms with E-state index in [0.29, 0.717) is 18.4 Å². The molecule has 1 saturated heterocycles. The lowest BCUT2D eigenvalue weighted by Gasteiger charge is -2.46. The van der Waals surface area contributed by atoms with Crippen molar-refractivity contribution in [1.82, 2.24) is 15.2 Å². The van der Waals surface area contributed by atoms with E-state index in [0.717, 1.165) is 38.3 Å². The Kier molecular flexibility index (Phi) is 3.15. The van der Waals surface area contributed by atoms with Crippen LogP contribution >= 0.6 is 0 Å². The predicted octanol–water partition coefficient (Wildman–Crippen LogP) is 1.03. The number of nitrogens with zero attached hydrogens (tertiary/aromatic N) is 3. The molecule has 1 aliphatic carbocycles. The van der Waals surface area contributed by atoms with Crippen LogP contribution in [0.2, 0.25) is 0 Å². The van der Waals surface area contributed by atoms with Crippen LogP contribution in [-0.2, 0) is 17.8 Å². The third-order valence-electron chi connectivity index (χ3n) is 5.82. The molecule has 0 unspecified atom stereocenters. The van der Waals surface area contributed by atoms with Gasteiger partial charge >= 0.3 is 0 Å². The number of rotatable bonds is 2. The zero-order chi connectivity index (χ0) is 15.3. The minimum Gasteiger partial charge on any atom is -0.362 e. The predicted molar refractivity (Wildman–Crippen MR) is 85.7 cm³/mol. The van der Waals surface area contributed by atoms with Gasteiger partial charge < -0.3 is 15.1 Å². The third-order valence-corrected chi connectivity index (χ3v) is 5.82. The van der Waals surface area contributed by atoms with Crippen molar-refractivity contribution in [2.75, 3.05) is 38.6 Å². The molecule has 4 rings (SSSR count). The Labute approximate surface area is 131 Å². The molecule has 0 bridgehead atoms. The molecule has 2 atom stereocenters. The van der Waals surface area contributed by atoms with Gasteiger partial charge in [0.05, 0.1) is 5.41 Å². The highest BCUT2D eigenvalue weighted by Gasteiger charge is 2.56. The lowest BCUT2D eigenvalue weighted by Crippen LogP contribution is -2.54. The molecule has 0 radical (unpaired) electrons. The number of anilines is 1. The molecule has 22 heavy (non-hydrogen) atoms. The lowest BCUT2D eigenvalue weighted by molar-refractivity contribution is -0.150. The van der Waals surface area contributed by atoms with Gasteiger partial charge in [0, 0.05) is 45.5 Å². The van der Waals surface area contributed by atoms with Gasteiger partial charge in [0.15, 0.2) is 0 Å². The minimum atomic E-state index is -0.0992. The van der Waals surface area contributed by atoms with Crippen molar-refractivity contribution in [3.8, 4) is 0 Å². The highest BCUT2D eigenvalue weighted by molar-refractivity contribution is 5.85. The second kappa shape index (κ2) is 4.95. The van der Waals surface area contributed by atoms with Crippen LogP contribution in [0.5, 0.6) is 0 Å². The van der Waals surface area contributed by atoms with Crippen LogP contribution in [0.3, 0.4) is 0 Å². The number of hydrogen-bond acceptors (Lipinski definition) is 4. The van der Waals surface area contributed by atoms with Crippen molar-refractivity contribution < 1.29 is 4.79 Å². The van der Waals surface area contributed by atoms with Crippen LogP contribution in [0.15, 0.2) is 12.3 Å².